The van der Waals surface area contributed by atoms with Crippen molar-refractivity contribution in [1.82, 2.24) is 24.1 Å². The highest BCUT2D eigenvalue weighted by Gasteiger charge is 2.24. The SMILES string of the molecule is CCCn1c(=O)c2ccccc2n2c(SCC(=O)N3CCN(c4ccccc4F)CC3)nnc12. The van der Waals surface area contributed by atoms with Crippen molar-refractivity contribution in [2.24, 2.45) is 0 Å². The predicted molar refractivity (Wildman–Crippen MR) is 131 cm³/mol. The van der Waals surface area contributed by atoms with E-state index in [9.17, 15) is 14.0 Å². The molecule has 0 spiro atoms. The van der Waals surface area contributed by atoms with Crippen LogP contribution in [0, 0.1) is 5.82 Å². The van der Waals surface area contributed by atoms with Gasteiger partial charge in [0.2, 0.25) is 11.7 Å². The van der Waals surface area contributed by atoms with E-state index < -0.39 is 0 Å². The zero-order valence-electron chi connectivity index (χ0n) is 18.9. The van der Waals surface area contributed by atoms with Crippen molar-refractivity contribution in [3.63, 3.8) is 0 Å². The number of aryl methyl sites for hydroxylation is 1. The van der Waals surface area contributed by atoms with Crippen molar-refractivity contribution >= 4 is 40.0 Å². The minimum Gasteiger partial charge on any atom is -0.366 e. The van der Waals surface area contributed by atoms with Gasteiger partial charge in [0, 0.05) is 32.7 Å². The Labute approximate surface area is 200 Å². The molecule has 0 radical (unpaired) electrons. The lowest BCUT2D eigenvalue weighted by Crippen LogP contribution is -2.49. The second kappa shape index (κ2) is 9.46. The van der Waals surface area contributed by atoms with Gasteiger partial charge in [-0.25, -0.2) is 4.39 Å². The van der Waals surface area contributed by atoms with E-state index in [1.54, 1.807) is 27.7 Å². The summed E-state index contributed by atoms with van der Waals surface area (Å²) in [5, 5.41) is 9.76. The van der Waals surface area contributed by atoms with Crippen LogP contribution in [-0.4, -0.2) is 61.9 Å². The maximum atomic E-state index is 14.1. The van der Waals surface area contributed by atoms with Gasteiger partial charge in [-0.05, 0) is 30.7 Å². The summed E-state index contributed by atoms with van der Waals surface area (Å²) in [4.78, 5) is 29.7. The van der Waals surface area contributed by atoms with Crippen molar-refractivity contribution in [3.8, 4) is 0 Å². The maximum absolute atomic E-state index is 14.1. The van der Waals surface area contributed by atoms with Crippen molar-refractivity contribution in [3.05, 3.63) is 64.7 Å². The molecule has 4 aromatic rings. The Balaban J connectivity index is 1.32. The Morgan fingerprint density at radius 3 is 2.53 bits per heavy atom. The Bertz CT molecular complexity index is 1410. The van der Waals surface area contributed by atoms with Crippen molar-refractivity contribution in [2.45, 2.75) is 25.0 Å². The first-order valence-electron chi connectivity index (χ1n) is 11.3. The number of thioether (sulfide) groups is 1. The number of amides is 1. The molecule has 0 unspecified atom stereocenters. The van der Waals surface area contributed by atoms with Crippen LogP contribution < -0.4 is 10.5 Å². The average molecular weight is 481 g/mol. The molecule has 1 fully saturated rings. The molecule has 1 amide bonds. The Morgan fingerprint density at radius 1 is 1.03 bits per heavy atom. The second-order valence-electron chi connectivity index (χ2n) is 8.20. The average Bonchev–Trinajstić information content (AvgIpc) is 3.29. The van der Waals surface area contributed by atoms with E-state index in [-0.39, 0.29) is 23.0 Å². The fraction of sp³-hybridized carbons (Fsp3) is 0.333. The van der Waals surface area contributed by atoms with E-state index in [2.05, 4.69) is 10.2 Å². The Morgan fingerprint density at radius 2 is 1.76 bits per heavy atom. The number of halogens is 1. The van der Waals surface area contributed by atoms with Crippen LogP contribution in [0.2, 0.25) is 0 Å². The van der Waals surface area contributed by atoms with Crippen LogP contribution in [0.3, 0.4) is 0 Å². The van der Waals surface area contributed by atoms with Gasteiger partial charge in [0.05, 0.1) is 22.3 Å². The standard InChI is InChI=1S/C24H25FN6O2S/c1-2-11-30-22(33)17-7-3-5-9-19(17)31-23(30)26-27-24(31)34-16-21(32)29-14-12-28(13-15-29)20-10-6-4-8-18(20)25/h3-10H,2,11-16H2,1H3. The number of carbonyl (C=O) groups is 1. The molecule has 1 aliphatic rings. The Hall–Kier alpha value is -3.40. The highest BCUT2D eigenvalue weighted by atomic mass is 32.2. The number of benzene rings is 2. The molecule has 0 saturated carbocycles. The van der Waals surface area contributed by atoms with Crippen LogP contribution in [-0.2, 0) is 11.3 Å². The quantitative estimate of drug-likeness (QED) is 0.395. The maximum Gasteiger partial charge on any atom is 0.262 e. The van der Waals surface area contributed by atoms with Crippen LogP contribution in [0.5, 0.6) is 0 Å². The molecule has 176 valence electrons. The van der Waals surface area contributed by atoms with E-state index in [0.717, 1.165) is 11.9 Å². The largest absolute Gasteiger partial charge is 0.366 e. The summed E-state index contributed by atoms with van der Waals surface area (Å²) >= 11 is 1.31. The summed E-state index contributed by atoms with van der Waals surface area (Å²) in [5.41, 5.74) is 1.22. The van der Waals surface area contributed by atoms with Gasteiger partial charge in [0.15, 0.2) is 5.16 Å². The van der Waals surface area contributed by atoms with Gasteiger partial charge >= 0.3 is 0 Å². The number of piperazine rings is 1. The molecule has 1 aliphatic heterocycles. The first-order valence-corrected chi connectivity index (χ1v) is 12.3. The van der Waals surface area contributed by atoms with E-state index in [0.29, 0.717) is 54.7 Å². The number of anilines is 1. The molecule has 0 N–H and O–H groups in total. The number of para-hydroxylation sites is 2. The molecule has 0 bridgehead atoms. The highest BCUT2D eigenvalue weighted by Crippen LogP contribution is 2.23. The first kappa shape index (κ1) is 22.4. The van der Waals surface area contributed by atoms with Crippen molar-refractivity contribution in [2.75, 3.05) is 36.8 Å². The van der Waals surface area contributed by atoms with Crippen LogP contribution in [0.1, 0.15) is 13.3 Å². The smallest absolute Gasteiger partial charge is 0.262 e. The van der Waals surface area contributed by atoms with E-state index in [1.165, 1.54) is 17.8 Å². The van der Waals surface area contributed by atoms with E-state index >= 15 is 0 Å². The van der Waals surface area contributed by atoms with Gasteiger partial charge in [0.1, 0.15) is 5.82 Å². The third-order valence-corrected chi connectivity index (χ3v) is 6.99. The number of fused-ring (bicyclic) bond motifs is 3. The third kappa shape index (κ3) is 4.02. The molecule has 5 rings (SSSR count). The number of carbonyl (C=O) groups excluding carboxylic acids is 1. The molecule has 2 aromatic heterocycles. The van der Waals surface area contributed by atoms with Crippen LogP contribution >= 0.6 is 11.8 Å². The van der Waals surface area contributed by atoms with Gasteiger partial charge in [0.25, 0.3) is 5.56 Å². The lowest BCUT2D eigenvalue weighted by molar-refractivity contribution is -0.128. The zero-order chi connectivity index (χ0) is 23.7. The molecule has 2 aromatic carbocycles. The fourth-order valence-corrected chi connectivity index (χ4v) is 5.22. The summed E-state index contributed by atoms with van der Waals surface area (Å²) in [6.45, 7) is 4.79. The van der Waals surface area contributed by atoms with Gasteiger partial charge in [-0.15, -0.1) is 10.2 Å². The molecule has 0 aliphatic carbocycles. The molecule has 8 nitrogen and oxygen atoms in total. The minimum absolute atomic E-state index is 0.00104. The molecule has 10 heteroatoms. The summed E-state index contributed by atoms with van der Waals surface area (Å²) in [6.07, 6.45) is 0.792. The topological polar surface area (TPSA) is 75.7 Å². The number of hydrogen-bond donors (Lipinski definition) is 0. The Kier molecular flexibility index (Phi) is 6.23. The zero-order valence-corrected chi connectivity index (χ0v) is 19.7. The fourth-order valence-electron chi connectivity index (χ4n) is 4.37. The normalized spacial score (nSPS) is 14.3. The molecule has 3 heterocycles. The summed E-state index contributed by atoms with van der Waals surface area (Å²) in [7, 11) is 0. The molecule has 1 saturated heterocycles. The lowest BCUT2D eigenvalue weighted by Gasteiger charge is -2.36. The predicted octanol–water partition coefficient (Wildman–Crippen LogP) is 3.03. The monoisotopic (exact) mass is 480 g/mol. The van der Waals surface area contributed by atoms with Gasteiger partial charge < -0.3 is 9.80 Å². The van der Waals surface area contributed by atoms with Crippen molar-refractivity contribution in [1.29, 1.82) is 0 Å². The van der Waals surface area contributed by atoms with Crippen LogP contribution in [0.4, 0.5) is 10.1 Å². The molecule has 0 atom stereocenters. The number of rotatable bonds is 6. The summed E-state index contributed by atoms with van der Waals surface area (Å²) in [6, 6.07) is 14.1. The lowest BCUT2D eigenvalue weighted by atomic mass is 10.2. The summed E-state index contributed by atoms with van der Waals surface area (Å²) < 4.78 is 17.6. The van der Waals surface area contributed by atoms with Crippen LogP contribution in [0.25, 0.3) is 16.7 Å². The third-order valence-electron chi connectivity index (χ3n) is 6.08. The second-order valence-corrected chi connectivity index (χ2v) is 9.14. The van der Waals surface area contributed by atoms with Crippen LogP contribution in [0.15, 0.2) is 58.5 Å². The van der Waals surface area contributed by atoms with E-state index in [4.69, 9.17) is 0 Å². The van der Waals surface area contributed by atoms with Gasteiger partial charge in [-0.1, -0.05) is 43.0 Å². The van der Waals surface area contributed by atoms with Gasteiger partial charge in [-0.2, -0.15) is 0 Å². The number of nitrogens with zero attached hydrogens (tertiary/aromatic N) is 6. The highest BCUT2D eigenvalue weighted by molar-refractivity contribution is 7.99. The molecule has 34 heavy (non-hydrogen) atoms. The number of aromatic nitrogens is 4. The van der Waals surface area contributed by atoms with E-state index in [1.807, 2.05) is 40.5 Å². The molecular weight excluding hydrogens is 455 g/mol. The number of hydrogen-bond acceptors (Lipinski definition) is 6. The minimum atomic E-state index is -0.245. The van der Waals surface area contributed by atoms with Crippen molar-refractivity contribution < 1.29 is 9.18 Å². The van der Waals surface area contributed by atoms with Gasteiger partial charge in [-0.3, -0.25) is 18.6 Å². The molecular formula is C24H25FN6O2S. The first-order chi connectivity index (χ1) is 16.6. The summed E-state index contributed by atoms with van der Waals surface area (Å²) in [5.74, 6) is 0.451.